The van der Waals surface area contributed by atoms with E-state index in [9.17, 15) is 14.4 Å². The Balaban J connectivity index is 2.47. The average Bonchev–Trinajstić information content (AvgIpc) is 2.57. The normalized spacial score (nSPS) is 12.9. The predicted molar refractivity (Wildman–Crippen MR) is 88.0 cm³/mol. The number of nitrogens with one attached hydrogen (secondary N) is 2. The first-order valence-corrected chi connectivity index (χ1v) is 7.70. The fourth-order valence-electron chi connectivity index (χ4n) is 1.91. The third-order valence-electron chi connectivity index (χ3n) is 3.36. The van der Waals surface area contributed by atoms with Gasteiger partial charge in [0.2, 0.25) is 5.91 Å². The van der Waals surface area contributed by atoms with Crippen LogP contribution in [-0.4, -0.2) is 37.2 Å². The second-order valence-electron chi connectivity index (χ2n) is 5.68. The minimum atomic E-state index is -0.848. The maximum absolute atomic E-state index is 12.1. The molecule has 0 aromatic heterocycles. The molecule has 1 rings (SSSR count). The van der Waals surface area contributed by atoms with Gasteiger partial charge in [0.25, 0.3) is 0 Å². The van der Waals surface area contributed by atoms with Crippen LogP contribution in [0, 0.1) is 5.92 Å². The number of alkyl carbamates (subject to hydrolysis) is 1. The summed E-state index contributed by atoms with van der Waals surface area (Å²) < 4.78 is 9.71. The van der Waals surface area contributed by atoms with E-state index in [1.54, 1.807) is 13.8 Å². The summed E-state index contributed by atoms with van der Waals surface area (Å²) >= 11 is 0. The predicted octanol–water partition coefficient (Wildman–Crippen LogP) is 1.62. The smallest absolute Gasteiger partial charge is 0.408 e. The van der Waals surface area contributed by atoms with E-state index in [1.807, 2.05) is 30.3 Å². The topological polar surface area (TPSA) is 93.7 Å². The molecule has 0 spiro atoms. The van der Waals surface area contributed by atoms with Crippen molar-refractivity contribution < 1.29 is 23.9 Å². The molecule has 2 atom stereocenters. The molecule has 0 aliphatic heterocycles. The highest BCUT2D eigenvalue weighted by molar-refractivity contribution is 5.89. The number of hydrogen-bond acceptors (Lipinski definition) is 5. The monoisotopic (exact) mass is 336 g/mol. The molecule has 2 N–H and O–H groups in total. The van der Waals surface area contributed by atoms with Crippen molar-refractivity contribution in [3.8, 4) is 0 Å². The molecule has 7 heteroatoms. The molecule has 2 amide bonds. The Morgan fingerprint density at radius 1 is 1.04 bits per heavy atom. The fourth-order valence-corrected chi connectivity index (χ4v) is 1.91. The van der Waals surface area contributed by atoms with Gasteiger partial charge in [-0.1, -0.05) is 44.2 Å². The Morgan fingerprint density at radius 2 is 1.67 bits per heavy atom. The van der Waals surface area contributed by atoms with Crippen molar-refractivity contribution in [3.05, 3.63) is 35.9 Å². The molecule has 0 bridgehead atoms. The van der Waals surface area contributed by atoms with Crippen LogP contribution in [0.4, 0.5) is 4.79 Å². The second kappa shape index (κ2) is 9.54. The van der Waals surface area contributed by atoms with Crippen LogP contribution < -0.4 is 10.6 Å². The Bertz CT molecular complexity index is 559. The Kier molecular flexibility index (Phi) is 7.74. The summed E-state index contributed by atoms with van der Waals surface area (Å²) in [5, 5.41) is 4.99. The summed E-state index contributed by atoms with van der Waals surface area (Å²) in [5.74, 6) is -1.16. The molecule has 1 aromatic rings. The molecule has 0 fully saturated rings. The van der Waals surface area contributed by atoms with E-state index in [0.29, 0.717) is 0 Å². The summed E-state index contributed by atoms with van der Waals surface area (Å²) in [4.78, 5) is 35.5. The van der Waals surface area contributed by atoms with Gasteiger partial charge in [0, 0.05) is 0 Å². The van der Waals surface area contributed by atoms with Crippen molar-refractivity contribution in [2.75, 3.05) is 7.11 Å². The quantitative estimate of drug-likeness (QED) is 0.738. The molecular weight excluding hydrogens is 312 g/mol. The number of carbonyl (C=O) groups is 3. The van der Waals surface area contributed by atoms with Gasteiger partial charge in [-0.15, -0.1) is 0 Å². The van der Waals surface area contributed by atoms with E-state index in [1.165, 1.54) is 14.0 Å². The van der Waals surface area contributed by atoms with E-state index in [2.05, 4.69) is 15.4 Å². The van der Waals surface area contributed by atoms with Crippen LogP contribution in [0.3, 0.4) is 0 Å². The summed E-state index contributed by atoms with van der Waals surface area (Å²) in [6.45, 7) is 5.19. The minimum absolute atomic E-state index is 0.109. The summed E-state index contributed by atoms with van der Waals surface area (Å²) in [7, 11) is 1.26. The lowest BCUT2D eigenvalue weighted by Crippen LogP contribution is -2.52. The minimum Gasteiger partial charge on any atom is -0.467 e. The van der Waals surface area contributed by atoms with Gasteiger partial charge in [0.1, 0.15) is 18.7 Å². The molecule has 0 saturated carbocycles. The second-order valence-corrected chi connectivity index (χ2v) is 5.68. The summed E-state index contributed by atoms with van der Waals surface area (Å²) in [5.41, 5.74) is 0.843. The number of methoxy groups -OCH3 is 1. The SMILES string of the molecule is COC(=O)[C@H](NC(=O)[C@@H](C)NC(=O)OCc1ccccc1)C(C)C. The average molecular weight is 336 g/mol. The van der Waals surface area contributed by atoms with Gasteiger partial charge >= 0.3 is 12.1 Å². The molecule has 0 aliphatic rings. The van der Waals surface area contributed by atoms with Crippen molar-refractivity contribution in [2.45, 2.75) is 39.5 Å². The van der Waals surface area contributed by atoms with Crippen molar-refractivity contribution in [1.29, 1.82) is 0 Å². The zero-order valence-corrected chi connectivity index (χ0v) is 14.4. The van der Waals surface area contributed by atoms with Crippen molar-refractivity contribution in [1.82, 2.24) is 10.6 Å². The van der Waals surface area contributed by atoms with Gasteiger partial charge in [-0.2, -0.15) is 0 Å². The number of amides is 2. The van der Waals surface area contributed by atoms with E-state index in [-0.39, 0.29) is 12.5 Å². The van der Waals surface area contributed by atoms with Crippen LogP contribution >= 0.6 is 0 Å². The molecule has 1 aromatic carbocycles. The van der Waals surface area contributed by atoms with Gasteiger partial charge < -0.3 is 20.1 Å². The Morgan fingerprint density at radius 3 is 2.21 bits per heavy atom. The van der Waals surface area contributed by atoms with Crippen LogP contribution in [0.2, 0.25) is 0 Å². The number of benzene rings is 1. The summed E-state index contributed by atoms with van der Waals surface area (Å²) in [6, 6.07) is 7.57. The molecular formula is C17H24N2O5. The van der Waals surface area contributed by atoms with Crippen LogP contribution in [0.5, 0.6) is 0 Å². The van der Waals surface area contributed by atoms with Gasteiger partial charge in [-0.25, -0.2) is 9.59 Å². The lowest BCUT2D eigenvalue weighted by Gasteiger charge is -2.22. The molecule has 24 heavy (non-hydrogen) atoms. The van der Waals surface area contributed by atoms with Crippen molar-refractivity contribution >= 4 is 18.0 Å². The largest absolute Gasteiger partial charge is 0.467 e. The van der Waals surface area contributed by atoms with Crippen LogP contribution in [0.25, 0.3) is 0 Å². The maximum Gasteiger partial charge on any atom is 0.408 e. The summed E-state index contributed by atoms with van der Waals surface area (Å²) in [6.07, 6.45) is -0.708. The van der Waals surface area contributed by atoms with Gasteiger partial charge in [0.15, 0.2) is 0 Å². The van der Waals surface area contributed by atoms with E-state index < -0.39 is 30.1 Å². The van der Waals surface area contributed by atoms with Gasteiger partial charge in [-0.3, -0.25) is 4.79 Å². The first-order chi connectivity index (χ1) is 11.3. The molecule has 0 saturated heterocycles. The number of carbonyl (C=O) groups excluding carboxylic acids is 3. The van der Waals surface area contributed by atoms with E-state index in [0.717, 1.165) is 5.56 Å². The molecule has 7 nitrogen and oxygen atoms in total. The number of hydrogen-bond donors (Lipinski definition) is 2. The number of rotatable bonds is 7. The highest BCUT2D eigenvalue weighted by Gasteiger charge is 2.27. The number of ether oxygens (including phenoxy) is 2. The third kappa shape index (κ3) is 6.28. The highest BCUT2D eigenvalue weighted by atomic mass is 16.5. The van der Waals surface area contributed by atoms with Gasteiger partial charge in [0.05, 0.1) is 7.11 Å². The zero-order valence-electron chi connectivity index (χ0n) is 14.4. The van der Waals surface area contributed by atoms with Crippen molar-refractivity contribution in [2.24, 2.45) is 5.92 Å². The van der Waals surface area contributed by atoms with Crippen LogP contribution in [-0.2, 0) is 25.7 Å². The standard InChI is InChI=1S/C17H24N2O5/c1-11(2)14(16(21)23-4)19-15(20)12(3)18-17(22)24-10-13-8-6-5-7-9-13/h5-9,11-12,14H,10H2,1-4H3,(H,18,22)(H,19,20)/t12-,14-/m1/s1. The fraction of sp³-hybridized carbons (Fsp3) is 0.471. The van der Waals surface area contributed by atoms with Gasteiger partial charge in [-0.05, 0) is 18.4 Å². The Hall–Kier alpha value is -2.57. The number of esters is 1. The first kappa shape index (κ1) is 19.5. The zero-order chi connectivity index (χ0) is 18.1. The molecule has 0 heterocycles. The highest BCUT2D eigenvalue weighted by Crippen LogP contribution is 2.04. The molecule has 0 unspecified atom stereocenters. The molecule has 0 radical (unpaired) electrons. The lowest BCUT2D eigenvalue weighted by atomic mass is 10.0. The van der Waals surface area contributed by atoms with Crippen molar-refractivity contribution in [3.63, 3.8) is 0 Å². The lowest BCUT2D eigenvalue weighted by molar-refractivity contribution is -0.146. The molecule has 0 aliphatic carbocycles. The maximum atomic E-state index is 12.1. The third-order valence-corrected chi connectivity index (χ3v) is 3.36. The van der Waals surface area contributed by atoms with Crippen LogP contribution in [0.1, 0.15) is 26.3 Å². The Labute approximate surface area is 141 Å². The van der Waals surface area contributed by atoms with E-state index >= 15 is 0 Å². The molecule has 132 valence electrons. The van der Waals surface area contributed by atoms with E-state index in [4.69, 9.17) is 4.74 Å². The first-order valence-electron chi connectivity index (χ1n) is 7.70. The van der Waals surface area contributed by atoms with Crippen LogP contribution in [0.15, 0.2) is 30.3 Å².